The topological polar surface area (TPSA) is 83.8 Å². The van der Waals surface area contributed by atoms with Crippen LogP contribution in [0.2, 0.25) is 0 Å². The molecule has 0 aliphatic rings. The molecule has 5 nitrogen and oxygen atoms in total. The molecule has 0 heterocycles. The molecule has 0 spiro atoms. The molecule has 0 aliphatic heterocycles. The molecule has 0 aromatic rings. The summed E-state index contributed by atoms with van der Waals surface area (Å²) in [6.07, 6.45) is 27.2. The third-order valence-electron chi connectivity index (χ3n) is 4.99. The molecule has 0 aliphatic carbocycles. The Morgan fingerprint density at radius 1 is 0.571 bits per heavy atom. The van der Waals surface area contributed by atoms with Crippen molar-refractivity contribution in [3.8, 4) is 0 Å². The number of phosphoric acid groups is 1. The van der Waals surface area contributed by atoms with Crippen LogP contribution in [0.25, 0.3) is 0 Å². The second-order valence-electron chi connectivity index (χ2n) is 7.72. The fourth-order valence-electron chi connectivity index (χ4n) is 3.33. The van der Waals surface area contributed by atoms with Gasteiger partial charge >= 0.3 is 7.82 Å². The van der Waals surface area contributed by atoms with Crippen molar-refractivity contribution in [1.82, 2.24) is 0 Å². The van der Waals surface area contributed by atoms with Gasteiger partial charge in [-0.05, 0) is 25.3 Å². The molecule has 0 saturated carbocycles. The van der Waals surface area contributed by atoms with Crippen molar-refractivity contribution in [3.63, 3.8) is 0 Å². The Morgan fingerprint density at radius 3 is 1.21 bits per heavy atom. The molecular weight excluding hydrogens is 375 g/mol. The molecule has 2 N–H and O–H groups in total. The monoisotopic (exact) mass is 418 g/mol. The highest BCUT2D eigenvalue weighted by Crippen LogP contribution is 2.35. The normalized spacial score (nSPS) is 11.9. The lowest BCUT2D eigenvalue weighted by Gasteiger charge is -2.03. The number of unbranched alkanes of at least 4 members (excludes halogenated alkanes) is 18. The van der Waals surface area contributed by atoms with Crippen LogP contribution in [0.5, 0.6) is 0 Å². The van der Waals surface area contributed by atoms with E-state index in [-0.39, 0.29) is 0 Å². The van der Waals surface area contributed by atoms with Crippen LogP contribution in [-0.2, 0) is 13.9 Å². The zero-order valence-corrected chi connectivity index (χ0v) is 18.6. The second-order valence-corrected chi connectivity index (χ2v) is 8.91. The molecule has 28 heavy (non-hydrogen) atoms. The van der Waals surface area contributed by atoms with Crippen molar-refractivity contribution in [1.29, 1.82) is 0 Å². The van der Waals surface area contributed by atoms with E-state index in [1.807, 2.05) is 0 Å². The fraction of sp³-hybridized carbons (Fsp3) is 0.864. The summed E-state index contributed by atoms with van der Waals surface area (Å²) in [6.45, 7) is 0. The second kappa shape index (κ2) is 21.1. The maximum atomic E-state index is 10.5. The van der Waals surface area contributed by atoms with E-state index in [0.29, 0.717) is 0 Å². The third-order valence-corrected chi connectivity index (χ3v) is 5.38. The van der Waals surface area contributed by atoms with Crippen molar-refractivity contribution in [2.24, 2.45) is 0 Å². The smallest absolute Gasteiger partial charge is 0.413 e. The first-order chi connectivity index (χ1) is 13.6. The summed E-state index contributed by atoms with van der Waals surface area (Å²) < 4.78 is 14.7. The standard InChI is InChI=1S/C22H43O5P/c23-21-19-17-15-13-11-9-7-5-3-1-2-4-6-8-10-12-14-16-18-20-22-27-28(24,25)26/h20-22H,1-19H2,(H2,24,25,26). The maximum absolute atomic E-state index is 10.5. The molecule has 0 saturated heterocycles. The Morgan fingerprint density at radius 2 is 0.893 bits per heavy atom. The lowest BCUT2D eigenvalue weighted by Crippen LogP contribution is -1.84. The number of allylic oxidation sites excluding steroid dienone is 1. The summed E-state index contributed by atoms with van der Waals surface area (Å²) in [4.78, 5) is 27.2. The van der Waals surface area contributed by atoms with Gasteiger partial charge in [0.05, 0.1) is 6.26 Å². The summed E-state index contributed by atoms with van der Waals surface area (Å²) >= 11 is 0. The van der Waals surface area contributed by atoms with Gasteiger partial charge in [0.15, 0.2) is 0 Å². The zero-order chi connectivity index (χ0) is 20.8. The molecule has 0 radical (unpaired) electrons. The van der Waals surface area contributed by atoms with Crippen LogP contribution in [0.3, 0.4) is 0 Å². The summed E-state index contributed by atoms with van der Waals surface area (Å²) in [6, 6.07) is 0. The first-order valence-corrected chi connectivity index (χ1v) is 12.9. The van der Waals surface area contributed by atoms with Gasteiger partial charge in [0.2, 0.25) is 0 Å². The summed E-state index contributed by atoms with van der Waals surface area (Å²) in [5.74, 6) is 0. The van der Waals surface area contributed by atoms with E-state index in [9.17, 15) is 9.36 Å². The fourth-order valence-corrected chi connectivity index (χ4v) is 3.58. The molecule has 0 fully saturated rings. The summed E-state index contributed by atoms with van der Waals surface area (Å²) in [7, 11) is -4.36. The van der Waals surface area contributed by atoms with E-state index >= 15 is 0 Å². The number of hydrogen-bond acceptors (Lipinski definition) is 3. The maximum Gasteiger partial charge on any atom is 0.524 e. The molecule has 0 aromatic carbocycles. The molecule has 6 heteroatoms. The van der Waals surface area contributed by atoms with Gasteiger partial charge in [-0.3, -0.25) is 9.79 Å². The Labute approximate surface area is 172 Å². The van der Waals surface area contributed by atoms with Crippen molar-refractivity contribution in [2.45, 2.75) is 122 Å². The average molecular weight is 419 g/mol. The largest absolute Gasteiger partial charge is 0.524 e. The van der Waals surface area contributed by atoms with E-state index in [1.54, 1.807) is 6.08 Å². The highest BCUT2D eigenvalue weighted by Gasteiger charge is 2.10. The molecule has 0 bridgehead atoms. The predicted octanol–water partition coefficient (Wildman–Crippen LogP) is 7.22. The van der Waals surface area contributed by atoms with E-state index in [0.717, 1.165) is 44.7 Å². The van der Waals surface area contributed by atoms with E-state index in [4.69, 9.17) is 9.79 Å². The van der Waals surface area contributed by atoms with Gasteiger partial charge in [0.25, 0.3) is 0 Å². The van der Waals surface area contributed by atoms with E-state index in [1.165, 1.54) is 89.9 Å². The minimum atomic E-state index is -4.36. The summed E-state index contributed by atoms with van der Waals surface area (Å²) in [5, 5.41) is 0. The number of phosphoric ester groups is 1. The van der Waals surface area contributed by atoms with Crippen molar-refractivity contribution in [2.75, 3.05) is 0 Å². The van der Waals surface area contributed by atoms with Crippen LogP contribution in [-0.4, -0.2) is 16.1 Å². The first-order valence-electron chi connectivity index (χ1n) is 11.4. The van der Waals surface area contributed by atoms with Crippen molar-refractivity contribution < 1.29 is 23.7 Å². The number of carbonyl (C=O) groups excluding carboxylic acids is 1. The number of aldehydes is 1. The third kappa shape index (κ3) is 25.4. The van der Waals surface area contributed by atoms with Crippen LogP contribution >= 0.6 is 7.82 Å². The van der Waals surface area contributed by atoms with Crippen molar-refractivity contribution in [3.05, 3.63) is 12.3 Å². The molecule has 0 rings (SSSR count). The van der Waals surface area contributed by atoms with Crippen molar-refractivity contribution >= 4 is 14.1 Å². The predicted molar refractivity (Wildman–Crippen MR) is 116 cm³/mol. The number of rotatable bonds is 22. The Hall–Kier alpha value is -0.640. The van der Waals surface area contributed by atoms with Crippen LogP contribution in [0, 0.1) is 0 Å². The molecule has 0 unspecified atom stereocenters. The van der Waals surface area contributed by atoms with Gasteiger partial charge in [0.1, 0.15) is 6.29 Å². The molecule has 166 valence electrons. The lowest BCUT2D eigenvalue weighted by atomic mass is 10.0. The first kappa shape index (κ1) is 27.4. The highest BCUT2D eigenvalue weighted by atomic mass is 31.2. The minimum Gasteiger partial charge on any atom is -0.413 e. The van der Waals surface area contributed by atoms with Gasteiger partial charge in [-0.1, -0.05) is 96.3 Å². The van der Waals surface area contributed by atoms with Gasteiger partial charge in [0, 0.05) is 6.42 Å². The SMILES string of the molecule is O=CCCCCCCCCCCCCCCCCCCCC=COP(=O)(O)O. The Balaban J connectivity index is 3.08. The Bertz CT molecular complexity index is 406. The van der Waals surface area contributed by atoms with Crippen LogP contribution in [0.4, 0.5) is 0 Å². The van der Waals surface area contributed by atoms with Crippen LogP contribution < -0.4 is 0 Å². The molecule has 0 amide bonds. The molecular formula is C22H43O5P. The van der Waals surface area contributed by atoms with E-state index < -0.39 is 7.82 Å². The molecule has 0 aromatic heterocycles. The quantitative estimate of drug-likeness (QED) is 0.0839. The zero-order valence-electron chi connectivity index (χ0n) is 17.7. The minimum absolute atomic E-state index is 0.734. The van der Waals surface area contributed by atoms with Gasteiger partial charge in [-0.25, -0.2) is 4.57 Å². The lowest BCUT2D eigenvalue weighted by molar-refractivity contribution is -0.107. The van der Waals surface area contributed by atoms with Gasteiger partial charge in [-0.15, -0.1) is 0 Å². The average Bonchev–Trinajstić information content (AvgIpc) is 2.65. The number of carbonyl (C=O) groups is 1. The van der Waals surface area contributed by atoms with Gasteiger partial charge in [-0.2, -0.15) is 0 Å². The highest BCUT2D eigenvalue weighted by molar-refractivity contribution is 7.46. The van der Waals surface area contributed by atoms with Crippen LogP contribution in [0.15, 0.2) is 12.3 Å². The van der Waals surface area contributed by atoms with E-state index in [2.05, 4.69) is 4.52 Å². The summed E-state index contributed by atoms with van der Waals surface area (Å²) in [5.41, 5.74) is 0. The van der Waals surface area contributed by atoms with Crippen LogP contribution in [0.1, 0.15) is 122 Å². The Kier molecular flexibility index (Phi) is 20.6. The van der Waals surface area contributed by atoms with Gasteiger partial charge < -0.3 is 9.32 Å². The number of hydrogen-bond donors (Lipinski definition) is 2. The molecule has 0 atom stereocenters.